The first-order valence-corrected chi connectivity index (χ1v) is 7.57. The summed E-state index contributed by atoms with van der Waals surface area (Å²) >= 11 is 0. The maximum atomic E-state index is 13.1. The summed E-state index contributed by atoms with van der Waals surface area (Å²) in [5.74, 6) is 0. The second-order valence-electron chi connectivity index (χ2n) is 4.95. The minimum Gasteiger partial charge on any atom is -0.318 e. The summed E-state index contributed by atoms with van der Waals surface area (Å²) in [6, 6.07) is 0. The van der Waals surface area contributed by atoms with Crippen molar-refractivity contribution in [3.8, 4) is 0 Å². The molecule has 0 N–H and O–H groups in total. The molecule has 0 bridgehead atoms. The third-order valence-electron chi connectivity index (χ3n) is 3.54. The van der Waals surface area contributed by atoms with Gasteiger partial charge in [0.15, 0.2) is 0 Å². The van der Waals surface area contributed by atoms with Gasteiger partial charge in [-0.3, -0.25) is 4.68 Å². The molecule has 4 heteroatoms. The molecule has 0 spiro atoms. The average Bonchev–Trinajstić information content (AvgIpc) is 3.01. The molecule has 3 rings (SSSR count). The van der Waals surface area contributed by atoms with Crippen molar-refractivity contribution in [1.82, 2.24) is 9.78 Å². The quantitative estimate of drug-likeness (QED) is 0.736. The lowest BCUT2D eigenvalue weighted by Crippen LogP contribution is -2.13. The topological polar surface area (TPSA) is 34.9 Å². The maximum absolute atomic E-state index is 13.1. The zero-order valence-electron chi connectivity index (χ0n) is 9.31. The highest BCUT2D eigenvalue weighted by molar-refractivity contribution is 7.73. The van der Waals surface area contributed by atoms with Crippen molar-refractivity contribution in [1.29, 1.82) is 0 Å². The zero-order valence-corrected chi connectivity index (χ0v) is 10.2. The van der Waals surface area contributed by atoms with Gasteiger partial charge in [0.25, 0.3) is 0 Å². The van der Waals surface area contributed by atoms with Crippen LogP contribution in [0.1, 0.15) is 31.4 Å². The van der Waals surface area contributed by atoms with E-state index in [-0.39, 0.29) is 0 Å². The smallest absolute Gasteiger partial charge is 0.124 e. The molecule has 2 fully saturated rings. The van der Waals surface area contributed by atoms with Gasteiger partial charge in [-0.05, 0) is 32.6 Å². The van der Waals surface area contributed by atoms with Crippen LogP contribution in [-0.2, 0) is 11.6 Å². The summed E-state index contributed by atoms with van der Waals surface area (Å²) in [6.45, 7) is 1.99. The molecule has 0 saturated heterocycles. The Morgan fingerprint density at radius 3 is 2.20 bits per heavy atom. The highest BCUT2D eigenvalue weighted by atomic mass is 31.2. The van der Waals surface area contributed by atoms with Gasteiger partial charge in [0.05, 0.1) is 11.0 Å². The summed E-state index contributed by atoms with van der Waals surface area (Å²) in [4.78, 5) is 0. The molecule has 3 nitrogen and oxygen atoms in total. The van der Waals surface area contributed by atoms with E-state index in [1.807, 2.05) is 24.9 Å². The van der Waals surface area contributed by atoms with Crippen LogP contribution in [0.15, 0.2) is 6.20 Å². The van der Waals surface area contributed by atoms with Gasteiger partial charge in [-0.25, -0.2) is 0 Å². The Morgan fingerprint density at radius 2 is 1.87 bits per heavy atom. The van der Waals surface area contributed by atoms with E-state index in [0.29, 0.717) is 11.3 Å². The van der Waals surface area contributed by atoms with Crippen LogP contribution < -0.4 is 5.30 Å². The van der Waals surface area contributed by atoms with Crippen LogP contribution in [0.4, 0.5) is 0 Å². The van der Waals surface area contributed by atoms with E-state index in [9.17, 15) is 4.57 Å². The van der Waals surface area contributed by atoms with E-state index < -0.39 is 7.14 Å². The third-order valence-corrected chi connectivity index (χ3v) is 7.94. The molecular formula is C11H17N2OP. The average molecular weight is 224 g/mol. The Bertz CT molecular complexity index is 427. The van der Waals surface area contributed by atoms with Crippen molar-refractivity contribution >= 4 is 12.4 Å². The lowest BCUT2D eigenvalue weighted by atomic mass is 10.5. The largest absolute Gasteiger partial charge is 0.318 e. The fourth-order valence-corrected chi connectivity index (χ4v) is 6.65. The predicted molar refractivity (Wildman–Crippen MR) is 61.2 cm³/mol. The van der Waals surface area contributed by atoms with Crippen LogP contribution in [-0.4, -0.2) is 21.1 Å². The molecule has 0 aromatic carbocycles. The normalized spacial score (nSPS) is 22.0. The molecule has 1 aromatic rings. The van der Waals surface area contributed by atoms with E-state index in [2.05, 4.69) is 5.10 Å². The van der Waals surface area contributed by atoms with Crippen molar-refractivity contribution in [2.75, 3.05) is 0 Å². The second-order valence-corrected chi connectivity index (χ2v) is 8.31. The van der Waals surface area contributed by atoms with Gasteiger partial charge in [-0.2, -0.15) is 5.10 Å². The van der Waals surface area contributed by atoms with E-state index in [1.165, 1.54) is 25.7 Å². The Hall–Kier alpha value is -0.560. The Labute approximate surface area is 90.2 Å². The van der Waals surface area contributed by atoms with E-state index in [0.717, 1.165) is 11.0 Å². The molecule has 2 aliphatic rings. The first-order chi connectivity index (χ1) is 7.12. The SMILES string of the molecule is Cc1nn(C)cc1P(=O)(C1CC1)C1CC1. The number of aromatic nitrogens is 2. The molecule has 82 valence electrons. The summed E-state index contributed by atoms with van der Waals surface area (Å²) in [7, 11) is -0.176. The zero-order chi connectivity index (χ0) is 10.6. The molecule has 0 amide bonds. The standard InChI is InChI=1S/C11H17N2OP/c1-8-11(7-13(2)12-8)15(14,9-3-4-9)10-5-6-10/h7,9-10H,3-6H2,1-2H3. The third kappa shape index (κ3) is 1.40. The predicted octanol–water partition coefficient (Wildman–Crippen LogP) is 2.04. The summed E-state index contributed by atoms with van der Waals surface area (Å²) in [6.07, 6.45) is 6.67. The minimum atomic E-state index is -2.09. The molecule has 2 aliphatic carbocycles. The van der Waals surface area contributed by atoms with Gasteiger partial charge in [-0.15, -0.1) is 0 Å². The second kappa shape index (κ2) is 2.98. The summed E-state index contributed by atoms with van der Waals surface area (Å²) in [5.41, 5.74) is 1.97. The molecule has 1 aromatic heterocycles. The molecule has 0 atom stereocenters. The maximum Gasteiger partial charge on any atom is 0.124 e. The lowest BCUT2D eigenvalue weighted by Gasteiger charge is -2.16. The van der Waals surface area contributed by atoms with Crippen LogP contribution in [0.5, 0.6) is 0 Å². The highest BCUT2D eigenvalue weighted by Gasteiger charge is 2.52. The number of nitrogens with zero attached hydrogens (tertiary/aromatic N) is 2. The van der Waals surface area contributed by atoms with Gasteiger partial charge in [0, 0.05) is 24.6 Å². The van der Waals surface area contributed by atoms with Crippen molar-refractivity contribution in [3.05, 3.63) is 11.9 Å². The Morgan fingerprint density at radius 1 is 1.33 bits per heavy atom. The van der Waals surface area contributed by atoms with E-state index in [4.69, 9.17) is 0 Å². The first kappa shape index (κ1) is 9.65. The van der Waals surface area contributed by atoms with Crippen molar-refractivity contribution in [2.45, 2.75) is 43.9 Å². The number of rotatable bonds is 3. The molecule has 0 unspecified atom stereocenters. The van der Waals surface area contributed by atoms with Gasteiger partial charge < -0.3 is 4.57 Å². The van der Waals surface area contributed by atoms with E-state index in [1.54, 1.807) is 0 Å². The Balaban J connectivity index is 2.08. The van der Waals surface area contributed by atoms with Gasteiger partial charge >= 0.3 is 0 Å². The van der Waals surface area contributed by atoms with Gasteiger partial charge in [0.1, 0.15) is 7.14 Å². The number of hydrogen-bond donors (Lipinski definition) is 0. The summed E-state index contributed by atoms with van der Waals surface area (Å²) < 4.78 is 14.9. The molecule has 0 radical (unpaired) electrons. The van der Waals surface area contributed by atoms with Crippen LogP contribution in [0.3, 0.4) is 0 Å². The molecule has 15 heavy (non-hydrogen) atoms. The number of hydrogen-bond acceptors (Lipinski definition) is 2. The molecular weight excluding hydrogens is 207 g/mol. The monoisotopic (exact) mass is 224 g/mol. The van der Waals surface area contributed by atoms with Crippen LogP contribution in [0, 0.1) is 6.92 Å². The highest BCUT2D eigenvalue weighted by Crippen LogP contribution is 2.69. The van der Waals surface area contributed by atoms with Crippen LogP contribution in [0.25, 0.3) is 0 Å². The fourth-order valence-electron chi connectivity index (χ4n) is 2.54. The fraction of sp³-hybridized carbons (Fsp3) is 0.727. The minimum absolute atomic E-state index is 0.493. The van der Waals surface area contributed by atoms with Crippen LogP contribution >= 0.6 is 7.14 Å². The lowest BCUT2D eigenvalue weighted by molar-refractivity contribution is 0.579. The molecule has 2 saturated carbocycles. The van der Waals surface area contributed by atoms with Gasteiger partial charge in [0.2, 0.25) is 0 Å². The van der Waals surface area contributed by atoms with Crippen molar-refractivity contribution < 1.29 is 4.57 Å². The molecule has 0 aliphatic heterocycles. The van der Waals surface area contributed by atoms with Crippen molar-refractivity contribution in [2.24, 2.45) is 7.05 Å². The Kier molecular flexibility index (Phi) is 1.91. The van der Waals surface area contributed by atoms with Gasteiger partial charge in [-0.1, -0.05) is 0 Å². The van der Waals surface area contributed by atoms with Crippen LogP contribution in [0.2, 0.25) is 0 Å². The van der Waals surface area contributed by atoms with E-state index >= 15 is 0 Å². The number of aryl methyl sites for hydroxylation is 2. The molecule has 1 heterocycles. The summed E-state index contributed by atoms with van der Waals surface area (Å²) in [5, 5.41) is 5.42. The first-order valence-electron chi connectivity index (χ1n) is 5.72. The van der Waals surface area contributed by atoms with Crippen molar-refractivity contribution in [3.63, 3.8) is 0 Å².